The molecule has 1 saturated carbocycles. The molecule has 5 heteroatoms. The Morgan fingerprint density at radius 1 is 1.40 bits per heavy atom. The molecule has 86 valence electrons. The number of halogens is 4. The average Bonchev–Trinajstić information content (AvgIpc) is 2.41. The summed E-state index contributed by atoms with van der Waals surface area (Å²) in [6.45, 7) is 0. The SMILES string of the molecule is CN1C=C(I)C2CC(C(F)(F)F)CCC21. The molecule has 2 aliphatic rings. The molecule has 0 N–H and O–H groups in total. The van der Waals surface area contributed by atoms with Crippen molar-refractivity contribution in [2.24, 2.45) is 11.8 Å². The number of hydrogen-bond donors (Lipinski definition) is 0. The van der Waals surface area contributed by atoms with Crippen LogP contribution in [-0.2, 0) is 0 Å². The first kappa shape index (κ1) is 11.5. The third-order valence-corrected chi connectivity index (χ3v) is 4.56. The molecule has 0 bridgehead atoms. The first-order chi connectivity index (χ1) is 6.89. The average molecular weight is 331 g/mol. The lowest BCUT2D eigenvalue weighted by atomic mass is 9.78. The standard InChI is InChI=1S/C10H13F3IN/c1-15-5-8(14)7-4-6(10(11,12)13)2-3-9(7)15/h5-7,9H,2-4H2,1H3. The maximum absolute atomic E-state index is 12.6. The zero-order chi connectivity index (χ0) is 11.2. The number of alkyl halides is 3. The van der Waals surface area contributed by atoms with E-state index in [-0.39, 0.29) is 18.8 Å². The van der Waals surface area contributed by atoms with Gasteiger partial charge in [-0.15, -0.1) is 0 Å². The Morgan fingerprint density at radius 3 is 2.67 bits per heavy atom. The predicted octanol–water partition coefficient (Wildman–Crippen LogP) is 3.56. The zero-order valence-corrected chi connectivity index (χ0v) is 10.5. The summed E-state index contributed by atoms with van der Waals surface area (Å²) in [6, 6.07) is 0.301. The van der Waals surface area contributed by atoms with E-state index in [1.807, 2.05) is 13.2 Å². The molecule has 1 nitrogen and oxygen atoms in total. The molecule has 1 heterocycles. The predicted molar refractivity (Wildman–Crippen MR) is 60.5 cm³/mol. The van der Waals surface area contributed by atoms with Crippen LogP contribution in [0, 0.1) is 11.8 Å². The second-order valence-corrected chi connectivity index (χ2v) is 5.65. The molecule has 2 rings (SSSR count). The highest BCUT2D eigenvalue weighted by Gasteiger charge is 2.47. The van der Waals surface area contributed by atoms with Gasteiger partial charge in [0.15, 0.2) is 0 Å². The monoisotopic (exact) mass is 331 g/mol. The van der Waals surface area contributed by atoms with E-state index in [1.54, 1.807) is 0 Å². The van der Waals surface area contributed by atoms with Gasteiger partial charge in [-0.1, -0.05) is 0 Å². The first-order valence-corrected chi connectivity index (χ1v) is 6.13. The van der Waals surface area contributed by atoms with E-state index in [0.29, 0.717) is 12.5 Å². The normalized spacial score (nSPS) is 36.5. The van der Waals surface area contributed by atoms with Crippen molar-refractivity contribution in [3.63, 3.8) is 0 Å². The number of nitrogens with zero attached hydrogens (tertiary/aromatic N) is 1. The summed E-state index contributed by atoms with van der Waals surface area (Å²) >= 11 is 2.17. The van der Waals surface area contributed by atoms with Gasteiger partial charge in [-0.2, -0.15) is 13.2 Å². The highest BCUT2D eigenvalue weighted by Crippen LogP contribution is 2.47. The van der Waals surface area contributed by atoms with E-state index >= 15 is 0 Å². The van der Waals surface area contributed by atoms with Gasteiger partial charge >= 0.3 is 6.18 Å². The van der Waals surface area contributed by atoms with Crippen LogP contribution in [0.3, 0.4) is 0 Å². The van der Waals surface area contributed by atoms with Crippen molar-refractivity contribution in [3.8, 4) is 0 Å². The van der Waals surface area contributed by atoms with Crippen LogP contribution in [0.5, 0.6) is 0 Å². The molecule has 0 amide bonds. The summed E-state index contributed by atoms with van der Waals surface area (Å²) in [4.78, 5) is 2.07. The minimum atomic E-state index is -4.01. The molecule has 3 atom stereocenters. The fourth-order valence-electron chi connectivity index (χ4n) is 2.62. The fraction of sp³-hybridized carbons (Fsp3) is 0.800. The fourth-order valence-corrected chi connectivity index (χ4v) is 3.73. The van der Waals surface area contributed by atoms with Crippen molar-refractivity contribution in [3.05, 3.63) is 9.78 Å². The molecule has 1 aliphatic heterocycles. The molecule has 0 aromatic rings. The molecule has 0 aromatic heterocycles. The number of hydrogen-bond acceptors (Lipinski definition) is 1. The van der Waals surface area contributed by atoms with Gasteiger partial charge in [0.1, 0.15) is 0 Å². The van der Waals surface area contributed by atoms with Crippen LogP contribution < -0.4 is 0 Å². The van der Waals surface area contributed by atoms with Gasteiger partial charge in [0, 0.05) is 28.8 Å². The molecule has 15 heavy (non-hydrogen) atoms. The first-order valence-electron chi connectivity index (χ1n) is 5.05. The van der Waals surface area contributed by atoms with E-state index in [9.17, 15) is 13.2 Å². The Balaban J connectivity index is 2.09. The third kappa shape index (κ3) is 2.12. The van der Waals surface area contributed by atoms with Gasteiger partial charge in [-0.25, -0.2) is 0 Å². The van der Waals surface area contributed by atoms with E-state index in [1.165, 1.54) is 0 Å². The maximum Gasteiger partial charge on any atom is 0.391 e. The second kappa shape index (κ2) is 3.82. The Labute approximate surface area is 101 Å². The molecule has 1 fully saturated rings. The molecule has 0 radical (unpaired) electrons. The summed E-state index contributed by atoms with van der Waals surface area (Å²) < 4.78 is 38.8. The van der Waals surface area contributed by atoms with Crippen molar-refractivity contribution in [2.45, 2.75) is 31.5 Å². The Bertz CT molecular complexity index is 287. The third-order valence-electron chi connectivity index (χ3n) is 3.48. The van der Waals surface area contributed by atoms with Crippen LogP contribution >= 0.6 is 22.6 Å². The van der Waals surface area contributed by atoms with Crippen LogP contribution in [0.4, 0.5) is 13.2 Å². The zero-order valence-electron chi connectivity index (χ0n) is 8.39. The Morgan fingerprint density at radius 2 is 2.07 bits per heavy atom. The van der Waals surface area contributed by atoms with Gasteiger partial charge in [-0.05, 0) is 41.9 Å². The Kier molecular flexibility index (Phi) is 2.94. The van der Waals surface area contributed by atoms with Gasteiger partial charge < -0.3 is 4.90 Å². The second-order valence-electron chi connectivity index (χ2n) is 4.40. The molecule has 1 aliphatic carbocycles. The van der Waals surface area contributed by atoms with Crippen molar-refractivity contribution >= 4 is 22.6 Å². The van der Waals surface area contributed by atoms with Gasteiger partial charge in [0.25, 0.3) is 0 Å². The van der Waals surface area contributed by atoms with Crippen molar-refractivity contribution in [1.29, 1.82) is 0 Å². The molecule has 0 saturated heterocycles. The van der Waals surface area contributed by atoms with Crippen molar-refractivity contribution in [1.82, 2.24) is 4.90 Å². The molecular formula is C10H13F3IN. The van der Waals surface area contributed by atoms with Gasteiger partial charge in [0.2, 0.25) is 0 Å². The van der Waals surface area contributed by atoms with Crippen LogP contribution in [-0.4, -0.2) is 24.2 Å². The van der Waals surface area contributed by atoms with Crippen LogP contribution in [0.1, 0.15) is 19.3 Å². The van der Waals surface area contributed by atoms with Crippen LogP contribution in [0.25, 0.3) is 0 Å². The van der Waals surface area contributed by atoms with Crippen molar-refractivity contribution in [2.75, 3.05) is 7.05 Å². The molecular weight excluding hydrogens is 318 g/mol. The van der Waals surface area contributed by atoms with E-state index in [0.717, 1.165) is 3.58 Å². The lowest BCUT2D eigenvalue weighted by molar-refractivity contribution is -0.186. The lowest BCUT2D eigenvalue weighted by Gasteiger charge is -2.36. The minimum absolute atomic E-state index is 0.107. The topological polar surface area (TPSA) is 3.24 Å². The lowest BCUT2D eigenvalue weighted by Crippen LogP contribution is -2.39. The maximum atomic E-state index is 12.6. The van der Waals surface area contributed by atoms with Crippen molar-refractivity contribution < 1.29 is 13.2 Å². The minimum Gasteiger partial charge on any atom is -0.376 e. The number of fused-ring (bicyclic) bond motifs is 1. The smallest absolute Gasteiger partial charge is 0.376 e. The quantitative estimate of drug-likeness (QED) is 0.614. The van der Waals surface area contributed by atoms with E-state index < -0.39 is 12.1 Å². The van der Waals surface area contributed by atoms with Gasteiger partial charge in [0.05, 0.1) is 5.92 Å². The molecule has 0 spiro atoms. The van der Waals surface area contributed by atoms with E-state index in [2.05, 4.69) is 27.5 Å². The summed E-state index contributed by atoms with van der Waals surface area (Å²) in [5, 5.41) is 0. The molecule has 3 unspecified atom stereocenters. The number of rotatable bonds is 0. The summed E-state index contributed by atoms with van der Waals surface area (Å²) in [5.74, 6) is -0.987. The highest BCUT2D eigenvalue weighted by atomic mass is 127. The Hall–Kier alpha value is 0.0600. The van der Waals surface area contributed by atoms with Crippen LogP contribution in [0.2, 0.25) is 0 Å². The largest absolute Gasteiger partial charge is 0.391 e. The molecule has 0 aromatic carbocycles. The summed E-state index contributed by atoms with van der Waals surface area (Å²) in [5.41, 5.74) is 0. The summed E-state index contributed by atoms with van der Waals surface area (Å²) in [7, 11) is 1.96. The van der Waals surface area contributed by atoms with Crippen LogP contribution in [0.15, 0.2) is 9.78 Å². The highest BCUT2D eigenvalue weighted by molar-refractivity contribution is 14.1. The summed E-state index contributed by atoms with van der Waals surface area (Å²) in [6.07, 6.45) is -0.813. The van der Waals surface area contributed by atoms with Gasteiger partial charge in [-0.3, -0.25) is 0 Å². The van der Waals surface area contributed by atoms with E-state index in [4.69, 9.17) is 0 Å².